The van der Waals surface area contributed by atoms with Gasteiger partial charge in [0.1, 0.15) is 0 Å². The molecule has 1 N–H and O–H groups in total. The van der Waals surface area contributed by atoms with Crippen molar-refractivity contribution in [3.8, 4) is 0 Å². The van der Waals surface area contributed by atoms with Crippen molar-refractivity contribution in [1.29, 1.82) is 0 Å². The fraction of sp³-hybridized carbons (Fsp3) is 0.357. The molecule has 1 amide bonds. The topological polar surface area (TPSA) is 29.1 Å². The Bertz CT molecular complexity index is 485. The van der Waals surface area contributed by atoms with E-state index in [1.54, 1.807) is 18.2 Å². The predicted molar refractivity (Wildman–Crippen MR) is 78.0 cm³/mol. The summed E-state index contributed by atoms with van der Waals surface area (Å²) in [7, 11) is 0. The molecule has 0 unspecified atom stereocenters. The lowest BCUT2D eigenvalue weighted by Crippen LogP contribution is -2.24. The molecule has 0 aromatic heterocycles. The molecule has 18 heavy (non-hydrogen) atoms. The van der Waals surface area contributed by atoms with Gasteiger partial charge in [-0.3, -0.25) is 4.79 Å². The Morgan fingerprint density at radius 2 is 2.28 bits per heavy atom. The third kappa shape index (κ3) is 3.59. The minimum absolute atomic E-state index is 0.0500. The van der Waals surface area contributed by atoms with Gasteiger partial charge in [0.15, 0.2) is 0 Å². The molecule has 96 valence electrons. The van der Waals surface area contributed by atoms with Crippen LogP contribution in [0.15, 0.2) is 34.3 Å². The summed E-state index contributed by atoms with van der Waals surface area (Å²) in [6.45, 7) is 0.699. The number of carbonyl (C=O) groups excluding carboxylic acids is 1. The molecule has 0 saturated carbocycles. The molecule has 0 radical (unpaired) electrons. The smallest absolute Gasteiger partial charge is 0.251 e. The number of rotatable bonds is 4. The summed E-state index contributed by atoms with van der Waals surface area (Å²) < 4.78 is 0.746. The van der Waals surface area contributed by atoms with Crippen molar-refractivity contribution < 1.29 is 4.79 Å². The molecule has 1 aromatic rings. The summed E-state index contributed by atoms with van der Waals surface area (Å²) in [5.41, 5.74) is 2.10. The standard InChI is InChI=1S/C14H15BrClNO/c15-12-9-11(5-6-13(12)16)14(18)17-8-7-10-3-1-2-4-10/h3,5-6,9H,1-2,4,7-8H2,(H,17,18). The molecule has 1 aliphatic carbocycles. The van der Waals surface area contributed by atoms with Crippen LogP contribution < -0.4 is 5.32 Å². The number of benzene rings is 1. The van der Waals surface area contributed by atoms with Crippen molar-refractivity contribution >= 4 is 33.4 Å². The van der Waals surface area contributed by atoms with Gasteiger partial charge < -0.3 is 5.32 Å². The third-order valence-electron chi connectivity index (χ3n) is 3.05. The number of allylic oxidation sites excluding steroid dienone is 1. The van der Waals surface area contributed by atoms with Crippen LogP contribution in [0, 0.1) is 0 Å². The van der Waals surface area contributed by atoms with Crippen LogP contribution in [0.5, 0.6) is 0 Å². The molecule has 0 fully saturated rings. The average molecular weight is 329 g/mol. The second-order valence-electron chi connectivity index (χ2n) is 4.39. The van der Waals surface area contributed by atoms with Gasteiger partial charge in [0.2, 0.25) is 0 Å². The first kappa shape index (κ1) is 13.6. The second kappa shape index (κ2) is 6.39. The van der Waals surface area contributed by atoms with Crippen LogP contribution in [-0.4, -0.2) is 12.5 Å². The van der Waals surface area contributed by atoms with Gasteiger partial charge >= 0.3 is 0 Å². The summed E-state index contributed by atoms with van der Waals surface area (Å²) in [5.74, 6) is -0.0500. The van der Waals surface area contributed by atoms with Crippen molar-refractivity contribution in [2.75, 3.05) is 6.54 Å². The molecule has 0 saturated heterocycles. The minimum Gasteiger partial charge on any atom is -0.352 e. The van der Waals surface area contributed by atoms with E-state index < -0.39 is 0 Å². The van der Waals surface area contributed by atoms with E-state index >= 15 is 0 Å². The molecule has 0 bridgehead atoms. The van der Waals surface area contributed by atoms with Crippen molar-refractivity contribution in [1.82, 2.24) is 5.32 Å². The van der Waals surface area contributed by atoms with Crippen molar-refractivity contribution in [3.05, 3.63) is 44.9 Å². The highest BCUT2D eigenvalue weighted by molar-refractivity contribution is 9.10. The van der Waals surface area contributed by atoms with Crippen LogP contribution in [0.4, 0.5) is 0 Å². The molecular formula is C14H15BrClNO. The number of hydrogen-bond donors (Lipinski definition) is 1. The summed E-state index contributed by atoms with van der Waals surface area (Å²) in [4.78, 5) is 11.9. The number of amides is 1. The van der Waals surface area contributed by atoms with Gasteiger partial charge in [-0.1, -0.05) is 23.3 Å². The van der Waals surface area contributed by atoms with E-state index in [2.05, 4.69) is 27.3 Å². The van der Waals surface area contributed by atoms with E-state index in [0.717, 1.165) is 10.9 Å². The summed E-state index contributed by atoms with van der Waals surface area (Å²) in [6.07, 6.45) is 6.87. The SMILES string of the molecule is O=C(NCCC1=CCCC1)c1ccc(Cl)c(Br)c1. The predicted octanol–water partition coefficient (Wildman–Crippen LogP) is 4.33. The molecule has 0 aliphatic heterocycles. The van der Waals surface area contributed by atoms with E-state index in [1.807, 2.05) is 0 Å². The van der Waals surface area contributed by atoms with Crippen LogP contribution in [0.1, 0.15) is 36.0 Å². The Balaban J connectivity index is 1.85. The number of hydrogen-bond acceptors (Lipinski definition) is 1. The fourth-order valence-electron chi connectivity index (χ4n) is 2.04. The van der Waals surface area contributed by atoms with Crippen LogP contribution in [0.2, 0.25) is 5.02 Å². The van der Waals surface area contributed by atoms with Crippen molar-refractivity contribution in [2.24, 2.45) is 0 Å². The highest BCUT2D eigenvalue weighted by Crippen LogP contribution is 2.23. The quantitative estimate of drug-likeness (QED) is 0.819. The molecule has 0 spiro atoms. The van der Waals surface area contributed by atoms with E-state index in [0.29, 0.717) is 17.1 Å². The monoisotopic (exact) mass is 327 g/mol. The number of nitrogens with one attached hydrogen (secondary N) is 1. The van der Waals surface area contributed by atoms with Gasteiger partial charge in [-0.05, 0) is 59.8 Å². The van der Waals surface area contributed by atoms with Crippen LogP contribution >= 0.6 is 27.5 Å². The molecular weight excluding hydrogens is 314 g/mol. The molecule has 2 rings (SSSR count). The first-order chi connectivity index (χ1) is 8.66. The number of carbonyl (C=O) groups is 1. The van der Waals surface area contributed by atoms with Crippen LogP contribution in [-0.2, 0) is 0 Å². The zero-order valence-electron chi connectivity index (χ0n) is 10.0. The van der Waals surface area contributed by atoms with Gasteiger partial charge in [0.25, 0.3) is 5.91 Å². The Hall–Kier alpha value is -0.800. The lowest BCUT2D eigenvalue weighted by Gasteiger charge is -2.06. The fourth-order valence-corrected chi connectivity index (χ4v) is 2.54. The van der Waals surface area contributed by atoms with Gasteiger partial charge in [0, 0.05) is 16.6 Å². The molecule has 0 atom stereocenters. The normalized spacial score (nSPS) is 14.4. The maximum absolute atomic E-state index is 11.9. The first-order valence-corrected chi connectivity index (χ1v) is 7.25. The average Bonchev–Trinajstić information content (AvgIpc) is 2.85. The second-order valence-corrected chi connectivity index (χ2v) is 5.65. The summed E-state index contributed by atoms with van der Waals surface area (Å²) >= 11 is 9.21. The van der Waals surface area contributed by atoms with Gasteiger partial charge in [0.05, 0.1) is 5.02 Å². The van der Waals surface area contributed by atoms with E-state index in [4.69, 9.17) is 11.6 Å². The molecule has 0 heterocycles. The van der Waals surface area contributed by atoms with Crippen LogP contribution in [0.3, 0.4) is 0 Å². The maximum Gasteiger partial charge on any atom is 0.251 e. The highest BCUT2D eigenvalue weighted by Gasteiger charge is 2.08. The Kier molecular flexibility index (Phi) is 4.84. The van der Waals surface area contributed by atoms with E-state index in [1.165, 1.54) is 24.8 Å². The highest BCUT2D eigenvalue weighted by atomic mass is 79.9. The maximum atomic E-state index is 11.9. The van der Waals surface area contributed by atoms with E-state index in [-0.39, 0.29) is 5.91 Å². The van der Waals surface area contributed by atoms with Crippen molar-refractivity contribution in [2.45, 2.75) is 25.7 Å². The molecule has 1 aromatic carbocycles. The van der Waals surface area contributed by atoms with Gasteiger partial charge in [-0.15, -0.1) is 0 Å². The Labute approximate surface area is 121 Å². The third-order valence-corrected chi connectivity index (χ3v) is 4.26. The lowest BCUT2D eigenvalue weighted by molar-refractivity contribution is 0.0954. The summed E-state index contributed by atoms with van der Waals surface area (Å²) in [5, 5.41) is 3.54. The zero-order chi connectivity index (χ0) is 13.0. The zero-order valence-corrected chi connectivity index (χ0v) is 12.4. The Morgan fingerprint density at radius 3 is 2.94 bits per heavy atom. The lowest BCUT2D eigenvalue weighted by atomic mass is 10.1. The van der Waals surface area contributed by atoms with Gasteiger partial charge in [-0.25, -0.2) is 0 Å². The Morgan fingerprint density at radius 1 is 1.44 bits per heavy atom. The molecule has 1 aliphatic rings. The minimum atomic E-state index is -0.0500. The van der Waals surface area contributed by atoms with Crippen molar-refractivity contribution in [3.63, 3.8) is 0 Å². The molecule has 2 nitrogen and oxygen atoms in total. The number of halogens is 2. The molecule has 4 heteroatoms. The largest absolute Gasteiger partial charge is 0.352 e. The van der Waals surface area contributed by atoms with Crippen LogP contribution in [0.25, 0.3) is 0 Å². The van der Waals surface area contributed by atoms with Gasteiger partial charge in [-0.2, -0.15) is 0 Å². The first-order valence-electron chi connectivity index (χ1n) is 6.08. The van der Waals surface area contributed by atoms with E-state index in [9.17, 15) is 4.79 Å². The summed E-state index contributed by atoms with van der Waals surface area (Å²) in [6, 6.07) is 5.20.